The summed E-state index contributed by atoms with van der Waals surface area (Å²) in [4.78, 5) is 45.5. The fourth-order valence-electron chi connectivity index (χ4n) is 4.12. The lowest BCUT2D eigenvalue weighted by Crippen LogP contribution is -2.50. The van der Waals surface area contributed by atoms with Gasteiger partial charge in [0.05, 0.1) is 34.5 Å². The zero-order valence-electron chi connectivity index (χ0n) is 22.8. The minimum atomic E-state index is -0.933. The van der Waals surface area contributed by atoms with Crippen molar-refractivity contribution in [1.29, 1.82) is 5.26 Å². The van der Waals surface area contributed by atoms with E-state index in [1.54, 1.807) is 43.3 Å². The van der Waals surface area contributed by atoms with Gasteiger partial charge in [0.2, 0.25) is 11.9 Å². The molecule has 3 amide bonds. The summed E-state index contributed by atoms with van der Waals surface area (Å²) in [6.45, 7) is 7.15. The Morgan fingerprint density at radius 1 is 1.10 bits per heavy atom. The molecular weight excluding hydrogens is 585 g/mol. The first kappa shape index (κ1) is 31.5. The van der Waals surface area contributed by atoms with Crippen molar-refractivity contribution in [1.82, 2.24) is 20.2 Å². The zero-order chi connectivity index (χ0) is 30.4. The third-order valence-corrected chi connectivity index (χ3v) is 6.96. The third-order valence-electron chi connectivity index (χ3n) is 6.17. The Labute approximate surface area is 253 Å². The summed E-state index contributed by atoms with van der Waals surface area (Å²) in [5, 5.41) is 15.0. The molecule has 1 aromatic heterocycles. The summed E-state index contributed by atoms with van der Waals surface area (Å²) in [6, 6.07) is 11.2. The lowest BCUT2D eigenvalue weighted by atomic mass is 10.0. The Bertz CT molecular complexity index is 1500. The van der Waals surface area contributed by atoms with Gasteiger partial charge in [-0.25, -0.2) is 9.88 Å². The lowest BCUT2D eigenvalue weighted by molar-refractivity contribution is -0.123. The van der Waals surface area contributed by atoms with Gasteiger partial charge in [-0.1, -0.05) is 61.4 Å². The molecule has 1 aliphatic rings. The van der Waals surface area contributed by atoms with Crippen LogP contribution in [0.3, 0.4) is 0 Å². The first-order valence-corrected chi connectivity index (χ1v) is 13.9. The molecule has 3 atom stereocenters. The highest BCUT2D eigenvalue weighted by Crippen LogP contribution is 2.40. The van der Waals surface area contributed by atoms with Gasteiger partial charge < -0.3 is 16.4 Å². The molecule has 4 rings (SSSR count). The van der Waals surface area contributed by atoms with Crippen LogP contribution in [0.1, 0.15) is 55.4 Å². The molecular formula is C28H29Cl2N7O3S. The van der Waals surface area contributed by atoms with Crippen LogP contribution in [0.25, 0.3) is 0 Å². The molecule has 214 valence electrons. The molecule has 0 radical (unpaired) electrons. The highest BCUT2D eigenvalue weighted by Gasteiger charge is 2.42. The number of carbonyl (C=O) groups is 3. The molecule has 0 aliphatic carbocycles. The van der Waals surface area contributed by atoms with Crippen LogP contribution in [-0.2, 0) is 16.0 Å². The monoisotopic (exact) mass is 613 g/mol. The van der Waals surface area contributed by atoms with Crippen molar-refractivity contribution in [3.05, 3.63) is 75.5 Å². The minimum absolute atomic E-state index is 0.0784. The Morgan fingerprint density at radius 3 is 2.27 bits per heavy atom. The van der Waals surface area contributed by atoms with Crippen LogP contribution in [0, 0.1) is 11.3 Å². The highest BCUT2D eigenvalue weighted by atomic mass is 35.5. The molecule has 41 heavy (non-hydrogen) atoms. The SMILES string of the molecule is CC.CC(NC(=O)c1cnc2n1C(Cc1ccc(C#N)cc1)C(=O)N2c1cc(Cl)cc(Cl)c1)C(=O)NC(C)C(N)=S. The second-order valence-electron chi connectivity index (χ2n) is 8.97. The standard InChI is InChI=1S/C26H23Cl2N7O3S.C2H6/c1-13(22(30)39)32-23(36)14(2)33-24(37)21-12-31-26-34(19-9-17(27)8-18(28)10-19)25(38)20(35(21)26)7-15-3-5-16(11-29)6-4-15;1-2/h3-6,8-10,12-14,20H,7H2,1-2H3,(H2,30,39)(H,32,36)(H,33,37);1-2H3. The third kappa shape index (κ3) is 7.03. The Morgan fingerprint density at radius 2 is 1.71 bits per heavy atom. The van der Waals surface area contributed by atoms with E-state index in [9.17, 15) is 14.4 Å². The van der Waals surface area contributed by atoms with E-state index in [1.165, 1.54) is 28.7 Å². The second kappa shape index (κ2) is 13.6. The molecule has 2 heterocycles. The number of nitrogens with zero attached hydrogens (tertiary/aromatic N) is 4. The fraction of sp³-hybridized carbons (Fsp3) is 0.286. The first-order valence-electron chi connectivity index (χ1n) is 12.8. The van der Waals surface area contributed by atoms with Crippen molar-refractivity contribution < 1.29 is 14.4 Å². The Hall–Kier alpha value is -3.98. The van der Waals surface area contributed by atoms with Gasteiger partial charge in [-0.3, -0.25) is 19.0 Å². The number of anilines is 2. The van der Waals surface area contributed by atoms with E-state index >= 15 is 0 Å². The number of benzene rings is 2. The molecule has 3 unspecified atom stereocenters. The Balaban J connectivity index is 0.00000226. The largest absolute Gasteiger partial charge is 0.392 e. The molecule has 1 aliphatic heterocycles. The van der Waals surface area contributed by atoms with E-state index in [4.69, 9.17) is 46.4 Å². The number of hydrogen-bond donors (Lipinski definition) is 3. The summed E-state index contributed by atoms with van der Waals surface area (Å²) in [7, 11) is 0. The van der Waals surface area contributed by atoms with E-state index < -0.39 is 29.9 Å². The molecule has 0 bridgehead atoms. The van der Waals surface area contributed by atoms with Gasteiger partial charge >= 0.3 is 0 Å². The van der Waals surface area contributed by atoms with Crippen LogP contribution in [0.4, 0.5) is 11.6 Å². The van der Waals surface area contributed by atoms with E-state index in [-0.39, 0.29) is 29.0 Å². The molecule has 0 saturated carbocycles. The number of amides is 3. The maximum Gasteiger partial charge on any atom is 0.270 e. The van der Waals surface area contributed by atoms with Crippen molar-refractivity contribution in [2.45, 2.75) is 52.2 Å². The Kier molecular flexibility index (Phi) is 10.5. The first-order chi connectivity index (χ1) is 19.5. The summed E-state index contributed by atoms with van der Waals surface area (Å²) in [5.74, 6) is -1.25. The van der Waals surface area contributed by atoms with Gasteiger partial charge in [-0.2, -0.15) is 5.26 Å². The zero-order valence-corrected chi connectivity index (χ0v) is 25.1. The van der Waals surface area contributed by atoms with Gasteiger partial charge in [0.25, 0.3) is 11.8 Å². The van der Waals surface area contributed by atoms with Crippen LogP contribution in [0.2, 0.25) is 10.0 Å². The number of nitriles is 1. The van der Waals surface area contributed by atoms with Gasteiger partial charge in [-0.05, 0) is 49.7 Å². The second-order valence-corrected chi connectivity index (χ2v) is 10.3. The van der Waals surface area contributed by atoms with Crippen LogP contribution < -0.4 is 21.3 Å². The smallest absolute Gasteiger partial charge is 0.270 e. The number of imidazole rings is 1. The van der Waals surface area contributed by atoms with E-state index in [2.05, 4.69) is 21.7 Å². The number of rotatable bonds is 8. The number of nitrogens with two attached hydrogens (primary N) is 1. The van der Waals surface area contributed by atoms with E-state index in [1.807, 2.05) is 13.8 Å². The van der Waals surface area contributed by atoms with Crippen LogP contribution in [0.15, 0.2) is 48.7 Å². The van der Waals surface area contributed by atoms with Gasteiger partial charge in [-0.15, -0.1) is 0 Å². The van der Waals surface area contributed by atoms with Crippen molar-refractivity contribution >= 4 is 69.8 Å². The molecule has 2 aromatic carbocycles. The number of aromatic nitrogens is 2. The fourth-order valence-corrected chi connectivity index (χ4v) is 4.70. The maximum atomic E-state index is 13.8. The molecule has 4 N–H and O–H groups in total. The van der Waals surface area contributed by atoms with Gasteiger partial charge in [0.15, 0.2) is 0 Å². The number of thiocarbonyl (C=S) groups is 1. The summed E-state index contributed by atoms with van der Waals surface area (Å²) >= 11 is 17.3. The number of carbonyl (C=O) groups excluding carboxylic acids is 3. The van der Waals surface area contributed by atoms with Crippen LogP contribution in [0.5, 0.6) is 0 Å². The predicted octanol–water partition coefficient (Wildman–Crippen LogP) is 4.46. The number of nitrogens with one attached hydrogen (secondary N) is 2. The van der Waals surface area contributed by atoms with Crippen LogP contribution in [-0.4, -0.2) is 44.3 Å². The van der Waals surface area contributed by atoms with E-state index in [0.29, 0.717) is 21.3 Å². The minimum Gasteiger partial charge on any atom is -0.392 e. The average molecular weight is 615 g/mol. The summed E-state index contributed by atoms with van der Waals surface area (Å²) in [5.41, 5.74) is 7.27. The van der Waals surface area contributed by atoms with Crippen molar-refractivity contribution in [2.75, 3.05) is 4.90 Å². The summed E-state index contributed by atoms with van der Waals surface area (Å²) < 4.78 is 1.52. The van der Waals surface area contributed by atoms with Gasteiger partial charge in [0, 0.05) is 16.5 Å². The molecule has 0 saturated heterocycles. The molecule has 0 fully saturated rings. The average Bonchev–Trinajstić information content (AvgIpc) is 3.47. The summed E-state index contributed by atoms with van der Waals surface area (Å²) in [6.07, 6.45) is 1.55. The number of fused-ring (bicyclic) bond motifs is 1. The topological polar surface area (TPSA) is 146 Å². The lowest BCUT2D eigenvalue weighted by Gasteiger charge is -2.19. The van der Waals surface area contributed by atoms with Gasteiger partial charge in [0.1, 0.15) is 17.8 Å². The molecule has 3 aromatic rings. The molecule has 10 nitrogen and oxygen atoms in total. The maximum absolute atomic E-state index is 13.8. The van der Waals surface area contributed by atoms with Crippen molar-refractivity contribution in [2.24, 2.45) is 5.73 Å². The normalized spacial score (nSPS) is 15.1. The molecule has 13 heteroatoms. The number of halogens is 2. The molecule has 0 spiro atoms. The van der Waals surface area contributed by atoms with Crippen molar-refractivity contribution in [3.8, 4) is 6.07 Å². The van der Waals surface area contributed by atoms with Crippen molar-refractivity contribution in [3.63, 3.8) is 0 Å². The van der Waals surface area contributed by atoms with Crippen LogP contribution >= 0.6 is 35.4 Å². The quantitative estimate of drug-likeness (QED) is 0.318. The number of hydrogen-bond acceptors (Lipinski definition) is 6. The highest BCUT2D eigenvalue weighted by molar-refractivity contribution is 7.80. The predicted molar refractivity (Wildman–Crippen MR) is 162 cm³/mol. The van der Waals surface area contributed by atoms with E-state index in [0.717, 1.165) is 5.56 Å².